The second-order valence-corrected chi connectivity index (χ2v) is 17.6. The Hall–Kier alpha value is 0.114. The van der Waals surface area contributed by atoms with E-state index in [-0.39, 0.29) is 0 Å². The van der Waals surface area contributed by atoms with Crippen molar-refractivity contribution in [3.8, 4) is 0 Å². The van der Waals surface area contributed by atoms with Crippen molar-refractivity contribution >= 4 is 16.6 Å². The van der Waals surface area contributed by atoms with Crippen LogP contribution in [0.25, 0.3) is 0 Å². The predicted octanol–water partition coefficient (Wildman–Crippen LogP) is 2.79. The summed E-state index contributed by atoms with van der Waals surface area (Å²) in [4.78, 5) is 0. The minimum Gasteiger partial charge on any atom is -0.415 e. The molecule has 0 atom stereocenters. The molecule has 0 aliphatic rings. The molecular formula is C20H46O8Si2. The van der Waals surface area contributed by atoms with E-state index in [1.807, 2.05) is 0 Å². The van der Waals surface area contributed by atoms with Gasteiger partial charge in [-0.2, -0.15) is 0 Å². The molecule has 0 aliphatic heterocycles. The first-order chi connectivity index (χ1) is 14.2. The van der Waals surface area contributed by atoms with E-state index in [2.05, 4.69) is 39.3 Å². The fourth-order valence-electron chi connectivity index (χ4n) is 2.02. The van der Waals surface area contributed by atoms with Gasteiger partial charge in [-0.15, -0.1) is 0 Å². The van der Waals surface area contributed by atoms with Gasteiger partial charge in [-0.1, -0.05) is 0 Å². The van der Waals surface area contributed by atoms with Crippen LogP contribution < -0.4 is 0 Å². The molecule has 182 valence electrons. The molecule has 0 aromatic rings. The van der Waals surface area contributed by atoms with Crippen molar-refractivity contribution in [2.24, 2.45) is 0 Å². The van der Waals surface area contributed by atoms with Crippen molar-refractivity contribution in [3.63, 3.8) is 0 Å². The van der Waals surface area contributed by atoms with E-state index in [0.29, 0.717) is 92.5 Å². The fourth-order valence-corrected chi connectivity index (χ4v) is 3.41. The van der Waals surface area contributed by atoms with Gasteiger partial charge in [0.05, 0.1) is 92.5 Å². The Morgan fingerprint density at radius 1 is 0.300 bits per heavy atom. The summed E-state index contributed by atoms with van der Waals surface area (Å²) in [5.41, 5.74) is 0. The average Bonchev–Trinajstić information content (AvgIpc) is 2.64. The van der Waals surface area contributed by atoms with Crippen LogP contribution in [0.5, 0.6) is 0 Å². The van der Waals surface area contributed by atoms with Gasteiger partial charge in [0, 0.05) is 0 Å². The molecule has 0 saturated heterocycles. The van der Waals surface area contributed by atoms with E-state index in [9.17, 15) is 0 Å². The van der Waals surface area contributed by atoms with E-state index in [1.165, 1.54) is 0 Å². The lowest BCUT2D eigenvalue weighted by Gasteiger charge is -2.16. The van der Waals surface area contributed by atoms with Gasteiger partial charge in [-0.05, 0) is 39.3 Å². The van der Waals surface area contributed by atoms with Crippen LogP contribution in [0.4, 0.5) is 0 Å². The lowest BCUT2D eigenvalue weighted by Crippen LogP contribution is -2.27. The molecule has 0 rings (SSSR count). The van der Waals surface area contributed by atoms with Gasteiger partial charge in [-0.3, -0.25) is 0 Å². The largest absolute Gasteiger partial charge is 0.415 e. The highest BCUT2D eigenvalue weighted by molar-refractivity contribution is 6.70. The molecule has 0 spiro atoms. The zero-order valence-electron chi connectivity index (χ0n) is 20.2. The van der Waals surface area contributed by atoms with Gasteiger partial charge in [0.15, 0.2) is 16.6 Å². The highest BCUT2D eigenvalue weighted by Crippen LogP contribution is 2.02. The van der Waals surface area contributed by atoms with E-state index < -0.39 is 16.6 Å². The van der Waals surface area contributed by atoms with Crippen LogP contribution in [0.3, 0.4) is 0 Å². The molecule has 0 fully saturated rings. The van der Waals surface area contributed by atoms with Gasteiger partial charge in [0.1, 0.15) is 0 Å². The van der Waals surface area contributed by atoms with Gasteiger partial charge in [-0.25, -0.2) is 0 Å². The van der Waals surface area contributed by atoms with Gasteiger partial charge in [0.2, 0.25) is 0 Å². The van der Waals surface area contributed by atoms with Gasteiger partial charge in [0.25, 0.3) is 0 Å². The van der Waals surface area contributed by atoms with Crippen molar-refractivity contribution in [2.45, 2.75) is 39.3 Å². The monoisotopic (exact) mass is 470 g/mol. The average molecular weight is 471 g/mol. The standard InChI is InChI=1S/C20H46O8Si2/c1-29(2,3)27-19-17-25-15-13-23-11-9-21-7-8-22-10-12-24-14-16-26-18-20-28-30(4,5)6/h7-20H2,1-6H3. The van der Waals surface area contributed by atoms with Crippen molar-refractivity contribution in [1.82, 2.24) is 0 Å². The number of rotatable bonds is 23. The van der Waals surface area contributed by atoms with Crippen LogP contribution in [-0.4, -0.2) is 109 Å². The van der Waals surface area contributed by atoms with Gasteiger partial charge >= 0.3 is 0 Å². The first kappa shape index (κ1) is 30.1. The molecule has 8 nitrogen and oxygen atoms in total. The topological polar surface area (TPSA) is 73.8 Å². The first-order valence-electron chi connectivity index (χ1n) is 10.9. The van der Waals surface area contributed by atoms with Crippen molar-refractivity contribution in [3.05, 3.63) is 0 Å². The Labute approximate surface area is 186 Å². The third kappa shape index (κ3) is 28.1. The Kier molecular flexibility index (Phi) is 19.8. The summed E-state index contributed by atoms with van der Waals surface area (Å²) in [6, 6.07) is 0. The maximum Gasteiger partial charge on any atom is 0.183 e. The van der Waals surface area contributed by atoms with E-state index in [4.69, 9.17) is 37.3 Å². The molecule has 0 heterocycles. The summed E-state index contributed by atoms with van der Waals surface area (Å²) in [6.45, 7) is 21.2. The highest BCUT2D eigenvalue weighted by atomic mass is 28.4. The lowest BCUT2D eigenvalue weighted by molar-refractivity contribution is -0.0189. The summed E-state index contributed by atoms with van der Waals surface area (Å²) in [7, 11) is -2.86. The summed E-state index contributed by atoms with van der Waals surface area (Å²) in [5.74, 6) is 0. The molecule has 0 aromatic carbocycles. The first-order valence-corrected chi connectivity index (χ1v) is 17.8. The Morgan fingerprint density at radius 3 is 0.633 bits per heavy atom. The Bertz CT molecular complexity index is 328. The zero-order valence-corrected chi connectivity index (χ0v) is 22.2. The molecule has 0 aliphatic carbocycles. The molecular weight excluding hydrogens is 424 g/mol. The number of hydrogen-bond donors (Lipinski definition) is 0. The van der Waals surface area contributed by atoms with Crippen molar-refractivity contribution in [2.75, 3.05) is 92.5 Å². The maximum atomic E-state index is 5.70. The smallest absolute Gasteiger partial charge is 0.183 e. The Balaban J connectivity index is 3.07. The SMILES string of the molecule is C[Si](C)(C)OCCOCCOCCOCCOCCOCCOCCO[Si](C)(C)C. The molecule has 0 saturated carbocycles. The zero-order chi connectivity index (χ0) is 22.6. The summed E-state index contributed by atoms with van der Waals surface area (Å²) in [6.07, 6.45) is 0. The molecule has 30 heavy (non-hydrogen) atoms. The van der Waals surface area contributed by atoms with Gasteiger partial charge < -0.3 is 37.3 Å². The normalized spacial score (nSPS) is 12.6. The Morgan fingerprint density at radius 2 is 0.467 bits per heavy atom. The van der Waals surface area contributed by atoms with Crippen molar-refractivity contribution < 1.29 is 37.3 Å². The molecule has 0 unspecified atom stereocenters. The second-order valence-electron chi connectivity index (χ2n) is 8.60. The molecule has 0 radical (unpaired) electrons. The minimum absolute atomic E-state index is 0.550. The number of ether oxygens (including phenoxy) is 6. The summed E-state index contributed by atoms with van der Waals surface area (Å²) in [5, 5.41) is 0. The third-order valence-electron chi connectivity index (χ3n) is 3.39. The predicted molar refractivity (Wildman–Crippen MR) is 124 cm³/mol. The molecule has 0 N–H and O–H groups in total. The molecule has 0 aromatic heterocycles. The van der Waals surface area contributed by atoms with E-state index in [0.717, 1.165) is 0 Å². The summed E-state index contributed by atoms with van der Waals surface area (Å²) < 4.78 is 44.1. The molecule has 0 amide bonds. The lowest BCUT2D eigenvalue weighted by atomic mass is 10.7. The highest BCUT2D eigenvalue weighted by Gasteiger charge is 2.13. The van der Waals surface area contributed by atoms with Crippen LogP contribution >= 0.6 is 0 Å². The molecule has 0 bridgehead atoms. The van der Waals surface area contributed by atoms with Crippen LogP contribution in [0.2, 0.25) is 39.3 Å². The fraction of sp³-hybridized carbons (Fsp3) is 1.00. The van der Waals surface area contributed by atoms with Crippen LogP contribution in [0.15, 0.2) is 0 Å². The van der Waals surface area contributed by atoms with Crippen LogP contribution in [0, 0.1) is 0 Å². The minimum atomic E-state index is -1.43. The third-order valence-corrected chi connectivity index (χ3v) is 5.53. The molecule has 10 heteroatoms. The maximum absolute atomic E-state index is 5.70. The second kappa shape index (κ2) is 19.8. The summed E-state index contributed by atoms with van der Waals surface area (Å²) >= 11 is 0. The van der Waals surface area contributed by atoms with E-state index >= 15 is 0 Å². The van der Waals surface area contributed by atoms with Crippen LogP contribution in [-0.2, 0) is 37.3 Å². The number of hydrogen-bond acceptors (Lipinski definition) is 8. The van der Waals surface area contributed by atoms with Crippen molar-refractivity contribution in [1.29, 1.82) is 0 Å². The quantitative estimate of drug-likeness (QED) is 0.167. The van der Waals surface area contributed by atoms with Crippen LogP contribution in [0.1, 0.15) is 0 Å². The van der Waals surface area contributed by atoms with E-state index in [1.54, 1.807) is 0 Å².